The first kappa shape index (κ1) is 13.6. The molecule has 0 bridgehead atoms. The summed E-state index contributed by atoms with van der Waals surface area (Å²) < 4.78 is 38.4. The molecule has 1 saturated heterocycles. The Morgan fingerprint density at radius 1 is 1.14 bits per heavy atom. The second-order valence-corrected chi connectivity index (χ2v) is 4.83. The molecule has 0 aliphatic carbocycles. The maximum atomic E-state index is 12.8. The Hall–Kier alpha value is -2.38. The van der Waals surface area contributed by atoms with Gasteiger partial charge in [0.15, 0.2) is 5.71 Å². The van der Waals surface area contributed by atoms with Crippen LogP contribution in [0.4, 0.5) is 13.2 Å². The van der Waals surface area contributed by atoms with E-state index >= 15 is 0 Å². The summed E-state index contributed by atoms with van der Waals surface area (Å²) in [5.41, 5.74) is 1.56. The molecule has 1 N–H and O–H groups in total. The van der Waals surface area contributed by atoms with Gasteiger partial charge in [0.2, 0.25) is 5.91 Å². The molecule has 2 heterocycles. The van der Waals surface area contributed by atoms with Crippen LogP contribution in [0.5, 0.6) is 0 Å². The van der Waals surface area contributed by atoms with Crippen LogP contribution in [0.1, 0.15) is 5.56 Å². The van der Waals surface area contributed by atoms with Crippen LogP contribution in [-0.2, 0) is 16.1 Å². The topological polar surface area (TPSA) is 61.8 Å². The van der Waals surface area contributed by atoms with E-state index < -0.39 is 35.7 Å². The molecule has 3 rings (SSSR count). The van der Waals surface area contributed by atoms with E-state index in [4.69, 9.17) is 0 Å². The largest absolute Gasteiger partial charge is 0.432 e. The van der Waals surface area contributed by atoms with E-state index in [2.05, 4.69) is 10.5 Å². The van der Waals surface area contributed by atoms with Gasteiger partial charge in [0, 0.05) is 0 Å². The zero-order valence-corrected chi connectivity index (χ0v) is 10.6. The third kappa shape index (κ3) is 2.16. The van der Waals surface area contributed by atoms with Crippen molar-refractivity contribution in [3.8, 4) is 0 Å². The van der Waals surface area contributed by atoms with Crippen molar-refractivity contribution in [2.75, 3.05) is 0 Å². The Labute approximate surface area is 117 Å². The highest BCUT2D eigenvalue weighted by atomic mass is 19.4. The van der Waals surface area contributed by atoms with Gasteiger partial charge in [-0.25, -0.2) is 0 Å². The lowest BCUT2D eigenvalue weighted by molar-refractivity contribution is -0.140. The SMILES string of the molecule is O=C1[C@@H]2C(C(F)(F)F)=NN[C@@H]2C(=O)N1Cc1ccccc1. The fourth-order valence-corrected chi connectivity index (χ4v) is 2.50. The second-order valence-electron chi connectivity index (χ2n) is 4.83. The summed E-state index contributed by atoms with van der Waals surface area (Å²) in [6, 6.07) is 7.35. The number of likely N-dealkylation sites (tertiary alicyclic amines) is 1. The van der Waals surface area contributed by atoms with Crippen LogP contribution in [0.15, 0.2) is 35.4 Å². The van der Waals surface area contributed by atoms with Crippen molar-refractivity contribution in [1.29, 1.82) is 0 Å². The molecule has 2 atom stereocenters. The Morgan fingerprint density at radius 3 is 2.43 bits per heavy atom. The van der Waals surface area contributed by atoms with Gasteiger partial charge in [-0.1, -0.05) is 30.3 Å². The van der Waals surface area contributed by atoms with Crippen LogP contribution in [0, 0.1) is 5.92 Å². The molecule has 8 heteroatoms. The van der Waals surface area contributed by atoms with E-state index in [9.17, 15) is 22.8 Å². The number of rotatable bonds is 2. The molecule has 2 amide bonds. The summed E-state index contributed by atoms with van der Waals surface area (Å²) in [6.07, 6.45) is -4.73. The van der Waals surface area contributed by atoms with Crippen molar-refractivity contribution in [3.05, 3.63) is 35.9 Å². The van der Waals surface area contributed by atoms with Gasteiger partial charge in [-0.15, -0.1) is 0 Å². The number of fused-ring (bicyclic) bond motifs is 1. The summed E-state index contributed by atoms with van der Waals surface area (Å²) in [7, 11) is 0. The minimum Gasteiger partial charge on any atom is -0.296 e. The van der Waals surface area contributed by atoms with E-state index in [-0.39, 0.29) is 6.54 Å². The summed E-state index contributed by atoms with van der Waals surface area (Å²) in [5, 5.41) is 3.11. The van der Waals surface area contributed by atoms with Crippen molar-refractivity contribution in [2.24, 2.45) is 11.0 Å². The first-order valence-electron chi connectivity index (χ1n) is 6.19. The molecule has 5 nitrogen and oxygen atoms in total. The fourth-order valence-electron chi connectivity index (χ4n) is 2.50. The van der Waals surface area contributed by atoms with Gasteiger partial charge < -0.3 is 0 Å². The standard InChI is InChI=1S/C13H10F3N3O2/c14-13(15,16)10-8-9(17-18-10)12(21)19(11(8)20)6-7-4-2-1-3-5-7/h1-5,8-9,17H,6H2/t8-,9-/m0/s1. The van der Waals surface area contributed by atoms with Crippen molar-refractivity contribution < 1.29 is 22.8 Å². The highest BCUT2D eigenvalue weighted by Gasteiger charge is 2.59. The molecule has 0 spiro atoms. The van der Waals surface area contributed by atoms with Crippen molar-refractivity contribution in [1.82, 2.24) is 10.3 Å². The molecule has 2 aliphatic heterocycles. The van der Waals surface area contributed by atoms with Gasteiger partial charge in [-0.2, -0.15) is 18.3 Å². The molecule has 1 aromatic rings. The van der Waals surface area contributed by atoms with Gasteiger partial charge >= 0.3 is 6.18 Å². The highest BCUT2D eigenvalue weighted by Crippen LogP contribution is 2.34. The molecule has 0 radical (unpaired) electrons. The number of nitrogens with zero attached hydrogens (tertiary/aromatic N) is 2. The van der Waals surface area contributed by atoms with E-state index in [1.807, 2.05) is 0 Å². The number of amides is 2. The van der Waals surface area contributed by atoms with Gasteiger partial charge in [0.05, 0.1) is 6.54 Å². The number of halogens is 3. The van der Waals surface area contributed by atoms with Gasteiger partial charge in [-0.3, -0.25) is 19.9 Å². The summed E-state index contributed by atoms with van der Waals surface area (Å²) in [6.45, 7) is -0.0433. The van der Waals surface area contributed by atoms with E-state index in [1.54, 1.807) is 30.3 Å². The van der Waals surface area contributed by atoms with Crippen LogP contribution < -0.4 is 5.43 Å². The molecular formula is C13H10F3N3O2. The molecule has 0 saturated carbocycles. The van der Waals surface area contributed by atoms with E-state index in [0.29, 0.717) is 5.56 Å². The molecule has 1 aromatic carbocycles. The Kier molecular flexibility index (Phi) is 2.96. The summed E-state index contributed by atoms with van der Waals surface area (Å²) >= 11 is 0. The maximum Gasteiger partial charge on any atom is 0.432 e. The molecule has 0 unspecified atom stereocenters. The molecule has 0 aromatic heterocycles. The quantitative estimate of drug-likeness (QED) is 0.830. The average Bonchev–Trinajstić information content (AvgIpc) is 2.96. The van der Waals surface area contributed by atoms with Crippen LogP contribution in [0.3, 0.4) is 0 Å². The molecule has 21 heavy (non-hydrogen) atoms. The number of hydrazone groups is 1. The van der Waals surface area contributed by atoms with E-state index in [0.717, 1.165) is 4.90 Å². The van der Waals surface area contributed by atoms with Crippen LogP contribution in [0.25, 0.3) is 0 Å². The van der Waals surface area contributed by atoms with Crippen molar-refractivity contribution >= 4 is 17.5 Å². The van der Waals surface area contributed by atoms with Gasteiger partial charge in [0.25, 0.3) is 5.91 Å². The minimum absolute atomic E-state index is 0.0433. The third-order valence-electron chi connectivity index (χ3n) is 3.49. The average molecular weight is 297 g/mol. The predicted molar refractivity (Wildman–Crippen MR) is 65.9 cm³/mol. The lowest BCUT2D eigenvalue weighted by Gasteiger charge is -2.16. The zero-order valence-electron chi connectivity index (χ0n) is 10.6. The fraction of sp³-hybridized carbons (Fsp3) is 0.308. The van der Waals surface area contributed by atoms with Crippen molar-refractivity contribution in [2.45, 2.75) is 18.8 Å². The number of hydrogen-bond donors (Lipinski definition) is 1. The molecule has 2 aliphatic rings. The smallest absolute Gasteiger partial charge is 0.296 e. The summed E-state index contributed by atoms with van der Waals surface area (Å²) in [4.78, 5) is 25.1. The Balaban J connectivity index is 1.86. The van der Waals surface area contributed by atoms with Crippen LogP contribution in [-0.4, -0.2) is 34.6 Å². The number of alkyl halides is 3. The van der Waals surface area contributed by atoms with Crippen LogP contribution >= 0.6 is 0 Å². The van der Waals surface area contributed by atoms with E-state index in [1.165, 1.54) is 0 Å². The number of carbonyl (C=O) groups excluding carboxylic acids is 2. The normalized spacial score (nSPS) is 24.9. The monoisotopic (exact) mass is 297 g/mol. The van der Waals surface area contributed by atoms with Gasteiger partial charge in [-0.05, 0) is 5.56 Å². The number of carbonyl (C=O) groups is 2. The Morgan fingerprint density at radius 2 is 1.81 bits per heavy atom. The van der Waals surface area contributed by atoms with Gasteiger partial charge in [0.1, 0.15) is 12.0 Å². The predicted octanol–water partition coefficient (Wildman–Crippen LogP) is 1.06. The number of imide groups is 1. The first-order chi connectivity index (χ1) is 9.89. The van der Waals surface area contributed by atoms with Crippen LogP contribution in [0.2, 0.25) is 0 Å². The Bertz CT molecular complexity index is 627. The molecular weight excluding hydrogens is 287 g/mol. The maximum absolute atomic E-state index is 12.8. The second kappa shape index (κ2) is 4.57. The number of benzene rings is 1. The zero-order chi connectivity index (χ0) is 15.2. The molecule has 1 fully saturated rings. The summed E-state index contributed by atoms with van der Waals surface area (Å²) in [5.74, 6) is -3.13. The number of hydrogen-bond acceptors (Lipinski definition) is 4. The number of nitrogens with one attached hydrogen (secondary N) is 1. The minimum atomic E-state index is -4.73. The lowest BCUT2D eigenvalue weighted by Crippen LogP contribution is -2.37. The van der Waals surface area contributed by atoms with Crippen molar-refractivity contribution in [3.63, 3.8) is 0 Å². The highest BCUT2D eigenvalue weighted by molar-refractivity contribution is 6.20. The third-order valence-corrected chi connectivity index (χ3v) is 3.49. The lowest BCUT2D eigenvalue weighted by atomic mass is 9.98. The molecule has 110 valence electrons. The first-order valence-corrected chi connectivity index (χ1v) is 6.19.